The lowest BCUT2D eigenvalue weighted by atomic mass is 10.1. The topological polar surface area (TPSA) is 167 Å². The molecule has 12 heteroatoms. The molecule has 0 unspecified atom stereocenters. The Bertz CT molecular complexity index is 1150. The molecule has 0 saturated carbocycles. The van der Waals surface area contributed by atoms with Crippen molar-refractivity contribution in [3.05, 3.63) is 36.2 Å². The molecular weight excluding hydrogens is 428 g/mol. The van der Waals surface area contributed by atoms with Crippen molar-refractivity contribution < 1.29 is 20.1 Å². The number of benzene rings is 1. The van der Waals surface area contributed by atoms with Gasteiger partial charge in [-0.1, -0.05) is 12.1 Å². The molecule has 12 nitrogen and oxygen atoms in total. The Kier molecular flexibility index (Phi) is 5.81. The molecule has 0 radical (unpaired) electrons. The van der Waals surface area contributed by atoms with E-state index < -0.39 is 31.1 Å². The number of nitrogen functional groups attached to an aromatic ring is 1. The van der Waals surface area contributed by atoms with E-state index in [9.17, 15) is 15.3 Å². The molecule has 0 amide bonds. The molecule has 6 N–H and O–H groups in total. The van der Waals surface area contributed by atoms with Gasteiger partial charge in [-0.25, -0.2) is 10.4 Å². The van der Waals surface area contributed by atoms with Crippen LogP contribution < -0.4 is 16.1 Å². The Morgan fingerprint density at radius 1 is 1.15 bits per heavy atom. The van der Waals surface area contributed by atoms with Crippen LogP contribution in [0.25, 0.3) is 11.2 Å². The van der Waals surface area contributed by atoms with Crippen LogP contribution in [0.3, 0.4) is 0 Å². The third-order valence-electron chi connectivity index (χ3n) is 5.98. The lowest BCUT2D eigenvalue weighted by Crippen LogP contribution is -2.33. The number of aromatic nitrogens is 4. The predicted molar refractivity (Wildman–Crippen MR) is 122 cm³/mol. The number of aliphatic hydroxyl groups excluding tert-OH is 3. The first-order valence-corrected chi connectivity index (χ1v) is 10.8. The monoisotopic (exact) mass is 454 g/mol. The fraction of sp³-hybridized carbons (Fsp3) is 0.429. The summed E-state index contributed by atoms with van der Waals surface area (Å²) in [6.45, 7) is 1.75. The quantitative estimate of drug-likeness (QED) is 0.254. The Hall–Kier alpha value is -3.32. The number of anilines is 3. The lowest BCUT2D eigenvalue weighted by molar-refractivity contribution is -0.0511. The summed E-state index contributed by atoms with van der Waals surface area (Å²) in [4.78, 5) is 15.1. The second kappa shape index (κ2) is 8.90. The second-order valence-corrected chi connectivity index (χ2v) is 8.14. The van der Waals surface area contributed by atoms with Gasteiger partial charge in [0.25, 0.3) is 0 Å². The fourth-order valence-corrected chi connectivity index (χ4v) is 4.20. The zero-order chi connectivity index (χ0) is 22.9. The van der Waals surface area contributed by atoms with Crippen molar-refractivity contribution in [1.29, 1.82) is 0 Å². The van der Waals surface area contributed by atoms with Gasteiger partial charge in [-0.15, -0.1) is 0 Å². The summed E-state index contributed by atoms with van der Waals surface area (Å²) in [6.07, 6.45) is 1.10. The summed E-state index contributed by atoms with van der Waals surface area (Å²) in [5.74, 6) is 0.261. The van der Waals surface area contributed by atoms with Crippen molar-refractivity contribution in [2.75, 3.05) is 35.8 Å². The van der Waals surface area contributed by atoms with Crippen LogP contribution in [0.1, 0.15) is 24.6 Å². The molecular formula is C21H26N8O4. The van der Waals surface area contributed by atoms with Gasteiger partial charge in [0.05, 0.1) is 19.1 Å². The van der Waals surface area contributed by atoms with Crippen LogP contribution in [0.5, 0.6) is 0 Å². The van der Waals surface area contributed by atoms with Crippen molar-refractivity contribution in [3.8, 4) is 0 Å². The minimum atomic E-state index is -1.27. The van der Waals surface area contributed by atoms with E-state index in [1.165, 1.54) is 29.4 Å². The van der Waals surface area contributed by atoms with Crippen LogP contribution in [0.4, 0.5) is 17.5 Å². The Labute approximate surface area is 189 Å². The lowest BCUT2D eigenvalue weighted by Gasteiger charge is -2.17. The molecule has 5 rings (SSSR count). The number of hydrazone groups is 1. The van der Waals surface area contributed by atoms with Crippen LogP contribution in [0.2, 0.25) is 0 Å². The summed E-state index contributed by atoms with van der Waals surface area (Å²) in [6, 6.07) is 8.14. The van der Waals surface area contributed by atoms with Crippen LogP contribution >= 0.6 is 0 Å². The van der Waals surface area contributed by atoms with Crippen LogP contribution in [-0.2, 0) is 4.74 Å². The molecule has 2 saturated heterocycles. The third-order valence-corrected chi connectivity index (χ3v) is 5.98. The van der Waals surface area contributed by atoms with Crippen molar-refractivity contribution in [1.82, 2.24) is 19.5 Å². The Balaban J connectivity index is 1.33. The van der Waals surface area contributed by atoms with Gasteiger partial charge in [-0.3, -0.25) is 4.57 Å². The number of imidazole rings is 1. The van der Waals surface area contributed by atoms with E-state index in [2.05, 4.69) is 42.5 Å². The van der Waals surface area contributed by atoms with Gasteiger partial charge in [-0.05, 0) is 30.5 Å². The molecule has 4 heterocycles. The first-order valence-electron chi connectivity index (χ1n) is 10.8. The molecule has 1 aromatic carbocycles. The van der Waals surface area contributed by atoms with Gasteiger partial charge in [0.2, 0.25) is 5.95 Å². The number of hydrogen-bond acceptors (Lipinski definition) is 11. The second-order valence-electron chi connectivity index (χ2n) is 8.14. The number of nitrogens with one attached hydrogen (secondary N) is 1. The highest BCUT2D eigenvalue weighted by Gasteiger charge is 2.44. The Morgan fingerprint density at radius 3 is 2.61 bits per heavy atom. The average molecular weight is 454 g/mol. The first-order chi connectivity index (χ1) is 16.0. The average Bonchev–Trinajstić information content (AvgIpc) is 3.55. The minimum Gasteiger partial charge on any atom is -0.394 e. The highest BCUT2D eigenvalue weighted by atomic mass is 16.6. The normalized spacial score (nSPS) is 25.5. The zero-order valence-electron chi connectivity index (χ0n) is 17.8. The van der Waals surface area contributed by atoms with Crippen LogP contribution in [-0.4, -0.2) is 79.1 Å². The van der Waals surface area contributed by atoms with Crippen molar-refractivity contribution in [2.45, 2.75) is 37.4 Å². The molecule has 0 bridgehead atoms. The smallest absolute Gasteiger partial charge is 0.247 e. The van der Waals surface area contributed by atoms with Gasteiger partial charge >= 0.3 is 0 Å². The van der Waals surface area contributed by atoms with Crippen LogP contribution in [0, 0.1) is 0 Å². The molecule has 2 aliphatic rings. The third kappa shape index (κ3) is 4.09. The molecule has 2 aromatic heterocycles. The largest absolute Gasteiger partial charge is 0.394 e. The first kappa shape index (κ1) is 21.5. The maximum Gasteiger partial charge on any atom is 0.247 e. The van der Waals surface area contributed by atoms with Crippen molar-refractivity contribution in [3.63, 3.8) is 0 Å². The summed E-state index contributed by atoms with van der Waals surface area (Å²) in [5, 5.41) is 33.9. The number of fused-ring (bicyclic) bond motifs is 1. The zero-order valence-corrected chi connectivity index (χ0v) is 17.8. The van der Waals surface area contributed by atoms with E-state index in [1.807, 2.05) is 12.1 Å². The maximum atomic E-state index is 10.3. The molecule has 3 aromatic rings. The summed E-state index contributed by atoms with van der Waals surface area (Å²) in [7, 11) is 0. The predicted octanol–water partition coefficient (Wildman–Crippen LogP) is 0.0662. The summed E-state index contributed by atoms with van der Waals surface area (Å²) < 4.78 is 7.02. The highest BCUT2D eigenvalue weighted by molar-refractivity contribution is 5.83. The Morgan fingerprint density at radius 2 is 1.91 bits per heavy atom. The van der Waals surface area contributed by atoms with E-state index in [0.29, 0.717) is 11.2 Å². The molecule has 4 atom stereocenters. The number of nitrogens with two attached hydrogens (primary N) is 1. The number of ether oxygens (including phenoxy) is 1. The van der Waals surface area contributed by atoms with E-state index in [0.717, 1.165) is 18.7 Å². The molecule has 0 spiro atoms. The highest BCUT2D eigenvalue weighted by Crippen LogP contribution is 2.32. The van der Waals surface area contributed by atoms with Gasteiger partial charge in [-0.2, -0.15) is 15.1 Å². The number of rotatable bonds is 6. The minimum absolute atomic E-state index is 0.123. The van der Waals surface area contributed by atoms with E-state index in [1.54, 1.807) is 6.21 Å². The van der Waals surface area contributed by atoms with Gasteiger partial charge in [0, 0.05) is 18.8 Å². The van der Waals surface area contributed by atoms with Crippen molar-refractivity contribution in [2.24, 2.45) is 5.10 Å². The number of hydrogen-bond donors (Lipinski definition) is 5. The fourth-order valence-electron chi connectivity index (χ4n) is 4.20. The molecule has 174 valence electrons. The maximum absolute atomic E-state index is 10.3. The van der Waals surface area contributed by atoms with E-state index >= 15 is 0 Å². The SMILES string of the molecule is Nc1nc(N/N=C/c2ccc(N3CCCC3)cc2)nc2c1ncn2[C@@H]1O[C@H](CO)[C@@H](O)[C@H]1O. The summed E-state index contributed by atoms with van der Waals surface area (Å²) >= 11 is 0. The number of aliphatic hydroxyl groups is 3. The standard InChI is InChI=1S/C21H26N8O4/c22-18-15-19(29(11-23-15)20-17(32)16(31)14(10-30)33-20)26-21(25-18)27-24-9-12-3-5-13(6-4-12)28-7-1-2-8-28/h3-6,9,11,14,16-17,20,30-32H,1-2,7-8,10H2,(H3,22,25,26,27)/b24-9+/t14-,16-,17-,20-/m1/s1. The van der Waals surface area contributed by atoms with E-state index in [4.69, 9.17) is 10.5 Å². The van der Waals surface area contributed by atoms with Gasteiger partial charge < -0.3 is 30.7 Å². The summed E-state index contributed by atoms with van der Waals surface area (Å²) in [5.41, 5.74) is 11.5. The van der Waals surface area contributed by atoms with Gasteiger partial charge in [0.1, 0.15) is 23.8 Å². The van der Waals surface area contributed by atoms with E-state index in [-0.39, 0.29) is 11.8 Å². The molecule has 2 fully saturated rings. The van der Waals surface area contributed by atoms with Gasteiger partial charge in [0.15, 0.2) is 17.7 Å². The van der Waals surface area contributed by atoms with Crippen molar-refractivity contribution >= 4 is 34.8 Å². The van der Waals surface area contributed by atoms with Crippen LogP contribution in [0.15, 0.2) is 35.7 Å². The molecule has 33 heavy (non-hydrogen) atoms. The molecule has 2 aliphatic heterocycles. The molecule has 0 aliphatic carbocycles. The number of nitrogens with zero attached hydrogens (tertiary/aromatic N) is 6.